The van der Waals surface area contributed by atoms with Crippen molar-refractivity contribution < 1.29 is 4.74 Å². The molecule has 0 amide bonds. The van der Waals surface area contributed by atoms with Gasteiger partial charge in [-0.15, -0.1) is 10.2 Å². The average Bonchev–Trinajstić information content (AvgIpc) is 2.98. The summed E-state index contributed by atoms with van der Waals surface area (Å²) in [6.45, 7) is 11.5. The van der Waals surface area contributed by atoms with Crippen molar-refractivity contribution in [2.75, 3.05) is 12.4 Å². The van der Waals surface area contributed by atoms with E-state index in [1.165, 1.54) is 35.9 Å². The van der Waals surface area contributed by atoms with Crippen molar-refractivity contribution in [1.82, 2.24) is 19.7 Å². The van der Waals surface area contributed by atoms with Gasteiger partial charge >= 0.3 is 0 Å². The number of nitrogens with zero attached hydrogens (tertiary/aromatic N) is 4. The standard InChI is InChI=1S/C22H28N4OS/c1-6-8-9-10-28-21-23-20-18(24-25-21)17-12-15(27-7-2)11-16-14(3)13-22(4,5)26(20)19(16)17/h11-13H,6-10H2,1-5H3. The summed E-state index contributed by atoms with van der Waals surface area (Å²) in [5.74, 6) is 1.90. The Bertz CT molecular complexity index is 1070. The van der Waals surface area contributed by atoms with Gasteiger partial charge in [-0.3, -0.25) is 0 Å². The van der Waals surface area contributed by atoms with Gasteiger partial charge in [-0.25, -0.2) is 4.98 Å². The Kier molecular flexibility index (Phi) is 5.08. The van der Waals surface area contributed by atoms with E-state index >= 15 is 0 Å². The quantitative estimate of drug-likeness (QED) is 0.372. The van der Waals surface area contributed by atoms with Crippen molar-refractivity contribution in [3.63, 3.8) is 0 Å². The van der Waals surface area contributed by atoms with Crippen molar-refractivity contribution in [2.45, 2.75) is 64.6 Å². The third-order valence-electron chi connectivity index (χ3n) is 5.28. The number of rotatable bonds is 7. The summed E-state index contributed by atoms with van der Waals surface area (Å²) in [7, 11) is 0. The molecule has 3 aromatic rings. The second-order valence-electron chi connectivity index (χ2n) is 7.94. The van der Waals surface area contributed by atoms with E-state index in [1.807, 2.05) is 6.92 Å². The van der Waals surface area contributed by atoms with Crippen LogP contribution in [0.15, 0.2) is 23.4 Å². The smallest absolute Gasteiger partial charge is 0.211 e. The lowest BCUT2D eigenvalue weighted by atomic mass is 9.92. The van der Waals surface area contributed by atoms with E-state index in [4.69, 9.17) is 9.72 Å². The van der Waals surface area contributed by atoms with E-state index in [0.717, 1.165) is 33.2 Å². The third-order valence-corrected chi connectivity index (χ3v) is 6.21. The molecule has 148 valence electrons. The number of hydrogen-bond acceptors (Lipinski definition) is 5. The largest absolute Gasteiger partial charge is 0.494 e. The maximum absolute atomic E-state index is 5.83. The van der Waals surface area contributed by atoms with Crippen LogP contribution >= 0.6 is 11.8 Å². The highest BCUT2D eigenvalue weighted by molar-refractivity contribution is 7.99. The van der Waals surface area contributed by atoms with Crippen molar-refractivity contribution in [2.24, 2.45) is 0 Å². The molecule has 4 rings (SSSR count). The number of hydrogen-bond donors (Lipinski definition) is 0. The number of thioether (sulfide) groups is 1. The zero-order valence-corrected chi connectivity index (χ0v) is 18.2. The van der Waals surface area contributed by atoms with Crippen LogP contribution in [0.4, 0.5) is 0 Å². The zero-order chi connectivity index (χ0) is 19.9. The first kappa shape index (κ1) is 19.2. The fourth-order valence-corrected chi connectivity index (χ4v) is 4.91. The molecule has 0 spiro atoms. The maximum Gasteiger partial charge on any atom is 0.211 e. The van der Waals surface area contributed by atoms with Gasteiger partial charge < -0.3 is 9.30 Å². The fourth-order valence-electron chi connectivity index (χ4n) is 4.13. The van der Waals surface area contributed by atoms with Crippen LogP contribution in [-0.2, 0) is 5.54 Å². The number of allylic oxidation sites excluding steroid dienone is 2. The molecule has 1 aliphatic heterocycles. The summed E-state index contributed by atoms with van der Waals surface area (Å²) < 4.78 is 8.15. The van der Waals surface area contributed by atoms with Crippen LogP contribution in [0, 0.1) is 0 Å². The van der Waals surface area contributed by atoms with Gasteiger partial charge in [-0.1, -0.05) is 37.6 Å². The molecule has 0 atom stereocenters. The van der Waals surface area contributed by atoms with Gasteiger partial charge in [-0.05, 0) is 51.8 Å². The van der Waals surface area contributed by atoms with E-state index in [1.54, 1.807) is 11.8 Å². The average molecular weight is 397 g/mol. The van der Waals surface area contributed by atoms with Gasteiger partial charge in [0.1, 0.15) is 11.3 Å². The second kappa shape index (κ2) is 7.39. The molecule has 0 saturated heterocycles. The van der Waals surface area contributed by atoms with E-state index in [9.17, 15) is 0 Å². The summed E-state index contributed by atoms with van der Waals surface area (Å²) in [4.78, 5) is 4.93. The van der Waals surface area contributed by atoms with Gasteiger partial charge in [0.05, 0.1) is 17.7 Å². The molecule has 2 aromatic heterocycles. The summed E-state index contributed by atoms with van der Waals surface area (Å²) >= 11 is 1.70. The minimum Gasteiger partial charge on any atom is -0.494 e. The monoisotopic (exact) mass is 396 g/mol. The minimum absolute atomic E-state index is 0.176. The van der Waals surface area contributed by atoms with Gasteiger partial charge in [0.2, 0.25) is 5.16 Å². The van der Waals surface area contributed by atoms with Crippen LogP contribution < -0.4 is 4.74 Å². The molecule has 0 N–H and O–H groups in total. The number of ether oxygens (including phenoxy) is 1. The molecule has 3 heterocycles. The summed E-state index contributed by atoms with van der Waals surface area (Å²) in [6, 6.07) is 4.22. The van der Waals surface area contributed by atoms with Crippen molar-refractivity contribution in [3.05, 3.63) is 23.8 Å². The number of aromatic nitrogens is 4. The predicted molar refractivity (Wildman–Crippen MR) is 117 cm³/mol. The lowest BCUT2D eigenvalue weighted by Gasteiger charge is -2.31. The Morgan fingerprint density at radius 3 is 2.71 bits per heavy atom. The van der Waals surface area contributed by atoms with Crippen molar-refractivity contribution in [1.29, 1.82) is 0 Å². The Balaban J connectivity index is 1.91. The highest BCUT2D eigenvalue weighted by Gasteiger charge is 2.31. The van der Waals surface area contributed by atoms with Gasteiger partial charge in [-0.2, -0.15) is 0 Å². The van der Waals surface area contributed by atoms with E-state index in [2.05, 4.69) is 60.7 Å². The third kappa shape index (κ3) is 3.17. The minimum atomic E-state index is -0.176. The topological polar surface area (TPSA) is 52.8 Å². The predicted octanol–water partition coefficient (Wildman–Crippen LogP) is 5.81. The summed E-state index contributed by atoms with van der Waals surface area (Å²) in [5, 5.41) is 10.9. The second-order valence-corrected chi connectivity index (χ2v) is 9.00. The molecule has 0 bridgehead atoms. The molecule has 0 fully saturated rings. The molecular formula is C22H28N4OS. The SMILES string of the molecule is CCCCCSc1nnc2c3cc(OCC)cc4c3n(c2n1)C(C)(C)C=C4C. The molecule has 0 unspecified atom stereocenters. The lowest BCUT2D eigenvalue weighted by molar-refractivity contribution is 0.340. The number of unbranched alkanes of at least 4 members (excludes halogenated alkanes) is 2. The molecular weight excluding hydrogens is 368 g/mol. The highest BCUT2D eigenvalue weighted by Crippen LogP contribution is 2.43. The fraction of sp³-hybridized carbons (Fsp3) is 0.500. The molecule has 1 aliphatic rings. The Labute approximate surface area is 170 Å². The molecule has 0 radical (unpaired) electrons. The first-order chi connectivity index (χ1) is 13.5. The molecule has 1 aromatic carbocycles. The van der Waals surface area contributed by atoms with Gasteiger partial charge in [0.25, 0.3) is 0 Å². The van der Waals surface area contributed by atoms with Crippen LogP contribution in [0.2, 0.25) is 0 Å². The van der Waals surface area contributed by atoms with E-state index < -0.39 is 0 Å². The Hall–Kier alpha value is -2.08. The molecule has 0 aliphatic carbocycles. The van der Waals surface area contributed by atoms with Crippen LogP contribution in [0.5, 0.6) is 5.75 Å². The van der Waals surface area contributed by atoms with Crippen LogP contribution in [0.25, 0.3) is 27.6 Å². The Morgan fingerprint density at radius 2 is 1.96 bits per heavy atom. The first-order valence-corrected chi connectivity index (χ1v) is 11.1. The lowest BCUT2D eigenvalue weighted by Crippen LogP contribution is -2.27. The van der Waals surface area contributed by atoms with Gasteiger partial charge in [0.15, 0.2) is 5.65 Å². The molecule has 6 heteroatoms. The zero-order valence-electron chi connectivity index (χ0n) is 17.4. The Morgan fingerprint density at radius 1 is 1.14 bits per heavy atom. The number of fused-ring (bicyclic) bond motifs is 3. The maximum atomic E-state index is 5.83. The molecule has 28 heavy (non-hydrogen) atoms. The first-order valence-electron chi connectivity index (χ1n) is 10.1. The summed E-state index contributed by atoms with van der Waals surface area (Å²) in [5.41, 5.74) is 5.22. The van der Waals surface area contributed by atoms with E-state index in [-0.39, 0.29) is 5.54 Å². The summed E-state index contributed by atoms with van der Waals surface area (Å²) in [6.07, 6.45) is 5.95. The number of benzene rings is 1. The molecule has 5 nitrogen and oxygen atoms in total. The molecule has 0 saturated carbocycles. The van der Waals surface area contributed by atoms with Crippen LogP contribution in [0.3, 0.4) is 0 Å². The normalized spacial score (nSPS) is 15.2. The van der Waals surface area contributed by atoms with E-state index in [0.29, 0.717) is 6.61 Å². The van der Waals surface area contributed by atoms with Crippen molar-refractivity contribution >= 4 is 39.4 Å². The van der Waals surface area contributed by atoms with Crippen molar-refractivity contribution in [3.8, 4) is 5.75 Å². The highest BCUT2D eigenvalue weighted by atomic mass is 32.2. The van der Waals surface area contributed by atoms with Crippen LogP contribution in [0.1, 0.15) is 59.4 Å². The van der Waals surface area contributed by atoms with Gasteiger partial charge in [0, 0.05) is 16.7 Å². The van der Waals surface area contributed by atoms with Crippen LogP contribution in [-0.4, -0.2) is 32.1 Å².